The van der Waals surface area contributed by atoms with Gasteiger partial charge in [0.05, 0.1) is 5.69 Å². The van der Waals surface area contributed by atoms with Crippen molar-refractivity contribution in [1.82, 2.24) is 19.7 Å². The molecule has 2 aromatic heterocycles. The number of nitrogens with one attached hydrogen (secondary N) is 1. The summed E-state index contributed by atoms with van der Waals surface area (Å²) in [6.45, 7) is 1.95. The second kappa shape index (κ2) is 5.54. The van der Waals surface area contributed by atoms with E-state index in [9.17, 15) is 4.79 Å². The van der Waals surface area contributed by atoms with Crippen molar-refractivity contribution in [3.05, 3.63) is 66.4 Å². The molecule has 6 nitrogen and oxygen atoms in total. The van der Waals surface area contributed by atoms with E-state index in [0.29, 0.717) is 11.4 Å². The van der Waals surface area contributed by atoms with Crippen LogP contribution in [-0.4, -0.2) is 25.7 Å². The molecular formula is C15H13N5O. The van der Waals surface area contributed by atoms with Gasteiger partial charge in [-0.1, -0.05) is 6.07 Å². The van der Waals surface area contributed by atoms with Crippen molar-refractivity contribution in [2.24, 2.45) is 0 Å². The normalized spacial score (nSPS) is 10.3. The van der Waals surface area contributed by atoms with Crippen LogP contribution in [0.1, 0.15) is 15.9 Å². The van der Waals surface area contributed by atoms with E-state index in [2.05, 4.69) is 20.4 Å². The molecule has 3 rings (SSSR count). The van der Waals surface area contributed by atoms with Crippen LogP contribution in [0.3, 0.4) is 0 Å². The number of aryl methyl sites for hydroxylation is 1. The van der Waals surface area contributed by atoms with Crippen LogP contribution in [-0.2, 0) is 0 Å². The molecule has 0 atom stereocenters. The number of nitrogens with zero attached hydrogens (tertiary/aromatic N) is 4. The highest BCUT2D eigenvalue weighted by Crippen LogP contribution is 2.10. The molecule has 0 aliphatic rings. The minimum absolute atomic E-state index is 0.198. The van der Waals surface area contributed by atoms with Gasteiger partial charge in [-0.25, -0.2) is 14.6 Å². The van der Waals surface area contributed by atoms with Gasteiger partial charge in [-0.05, 0) is 42.8 Å². The SMILES string of the molecule is Cc1ccc(NC(=O)c2ccc(-n3cncn3)cc2)nc1. The van der Waals surface area contributed by atoms with E-state index >= 15 is 0 Å². The second-order valence-corrected chi connectivity index (χ2v) is 4.56. The standard InChI is InChI=1S/C15H13N5O/c1-11-2-7-14(17-8-11)19-15(21)12-3-5-13(6-4-12)20-10-16-9-18-20/h2-10H,1H3,(H,17,19,21). The van der Waals surface area contributed by atoms with Crippen molar-refractivity contribution in [1.29, 1.82) is 0 Å². The molecule has 1 amide bonds. The van der Waals surface area contributed by atoms with Gasteiger partial charge in [0.2, 0.25) is 0 Å². The molecule has 3 aromatic rings. The molecule has 0 bridgehead atoms. The lowest BCUT2D eigenvalue weighted by molar-refractivity contribution is 0.102. The number of amides is 1. The zero-order chi connectivity index (χ0) is 14.7. The molecule has 0 fully saturated rings. The summed E-state index contributed by atoms with van der Waals surface area (Å²) in [5.41, 5.74) is 2.45. The summed E-state index contributed by atoms with van der Waals surface area (Å²) in [5.74, 6) is 0.336. The third kappa shape index (κ3) is 2.94. The lowest BCUT2D eigenvalue weighted by atomic mass is 10.2. The fourth-order valence-electron chi connectivity index (χ4n) is 1.84. The van der Waals surface area contributed by atoms with Gasteiger partial charge in [-0.15, -0.1) is 0 Å². The van der Waals surface area contributed by atoms with Crippen LogP contribution in [0.2, 0.25) is 0 Å². The van der Waals surface area contributed by atoms with E-state index in [4.69, 9.17) is 0 Å². The molecule has 0 spiro atoms. The number of hydrogen-bond acceptors (Lipinski definition) is 4. The Balaban J connectivity index is 1.74. The van der Waals surface area contributed by atoms with E-state index in [1.54, 1.807) is 35.4 Å². The third-order valence-electron chi connectivity index (χ3n) is 2.97. The molecule has 0 radical (unpaired) electrons. The zero-order valence-electron chi connectivity index (χ0n) is 11.4. The van der Waals surface area contributed by atoms with Crippen LogP contribution in [0.4, 0.5) is 5.82 Å². The highest BCUT2D eigenvalue weighted by molar-refractivity contribution is 6.03. The van der Waals surface area contributed by atoms with E-state index < -0.39 is 0 Å². The number of aromatic nitrogens is 4. The van der Waals surface area contributed by atoms with Crippen LogP contribution in [0.25, 0.3) is 5.69 Å². The minimum atomic E-state index is -0.198. The molecule has 0 aliphatic carbocycles. The van der Waals surface area contributed by atoms with Gasteiger partial charge in [0.15, 0.2) is 0 Å². The monoisotopic (exact) mass is 279 g/mol. The summed E-state index contributed by atoms with van der Waals surface area (Å²) in [5, 5.41) is 6.79. The summed E-state index contributed by atoms with van der Waals surface area (Å²) in [7, 11) is 0. The van der Waals surface area contributed by atoms with E-state index in [-0.39, 0.29) is 5.91 Å². The maximum Gasteiger partial charge on any atom is 0.256 e. The first kappa shape index (κ1) is 13.0. The quantitative estimate of drug-likeness (QED) is 0.798. The highest BCUT2D eigenvalue weighted by atomic mass is 16.1. The van der Waals surface area contributed by atoms with Gasteiger partial charge in [0, 0.05) is 11.8 Å². The predicted molar refractivity (Wildman–Crippen MR) is 78.3 cm³/mol. The molecule has 1 N–H and O–H groups in total. The Kier molecular flexibility index (Phi) is 3.42. The van der Waals surface area contributed by atoms with Crippen molar-refractivity contribution >= 4 is 11.7 Å². The number of hydrogen-bond donors (Lipinski definition) is 1. The highest BCUT2D eigenvalue weighted by Gasteiger charge is 2.07. The van der Waals surface area contributed by atoms with Gasteiger partial charge < -0.3 is 5.32 Å². The Bertz CT molecular complexity index is 733. The fourth-order valence-corrected chi connectivity index (χ4v) is 1.84. The van der Waals surface area contributed by atoms with Crippen LogP contribution in [0.15, 0.2) is 55.2 Å². The lowest BCUT2D eigenvalue weighted by Gasteiger charge is -2.06. The van der Waals surface area contributed by atoms with Gasteiger partial charge >= 0.3 is 0 Å². The molecule has 6 heteroatoms. The maximum atomic E-state index is 12.1. The van der Waals surface area contributed by atoms with Crippen molar-refractivity contribution < 1.29 is 4.79 Å². The molecule has 0 unspecified atom stereocenters. The van der Waals surface area contributed by atoms with Gasteiger partial charge in [0.25, 0.3) is 5.91 Å². The average Bonchev–Trinajstić information content (AvgIpc) is 3.04. The van der Waals surface area contributed by atoms with E-state index in [1.807, 2.05) is 25.1 Å². The summed E-state index contributed by atoms with van der Waals surface area (Å²) < 4.78 is 1.63. The third-order valence-corrected chi connectivity index (χ3v) is 2.97. The van der Waals surface area contributed by atoms with Crippen molar-refractivity contribution in [3.8, 4) is 5.69 Å². The number of pyridine rings is 1. The number of rotatable bonds is 3. The summed E-state index contributed by atoms with van der Waals surface area (Å²) in [6, 6.07) is 10.8. The smallest absolute Gasteiger partial charge is 0.256 e. The average molecular weight is 279 g/mol. The first-order valence-electron chi connectivity index (χ1n) is 6.41. The molecule has 1 aromatic carbocycles. The van der Waals surface area contributed by atoms with Crippen molar-refractivity contribution in [2.45, 2.75) is 6.92 Å². The molecule has 0 aliphatic heterocycles. The zero-order valence-corrected chi connectivity index (χ0v) is 11.4. The summed E-state index contributed by atoms with van der Waals surface area (Å²) >= 11 is 0. The van der Waals surface area contributed by atoms with Crippen molar-refractivity contribution in [3.63, 3.8) is 0 Å². The molecule has 21 heavy (non-hydrogen) atoms. The number of carbonyl (C=O) groups is 1. The largest absolute Gasteiger partial charge is 0.307 e. The summed E-state index contributed by atoms with van der Waals surface area (Å²) in [4.78, 5) is 20.1. The fraction of sp³-hybridized carbons (Fsp3) is 0.0667. The Morgan fingerprint density at radius 3 is 2.57 bits per heavy atom. The molecule has 104 valence electrons. The molecule has 0 saturated heterocycles. The van der Waals surface area contributed by atoms with Crippen molar-refractivity contribution in [2.75, 3.05) is 5.32 Å². The maximum absolute atomic E-state index is 12.1. The van der Waals surface area contributed by atoms with Crippen LogP contribution < -0.4 is 5.32 Å². The predicted octanol–water partition coefficient (Wildman–Crippen LogP) is 2.22. The van der Waals surface area contributed by atoms with E-state index in [0.717, 1.165) is 11.3 Å². The Labute approximate surface area is 121 Å². The molecule has 2 heterocycles. The van der Waals surface area contributed by atoms with E-state index in [1.165, 1.54) is 6.33 Å². The Hall–Kier alpha value is -3.02. The van der Waals surface area contributed by atoms with Crippen LogP contribution >= 0.6 is 0 Å². The van der Waals surface area contributed by atoms with Gasteiger partial charge in [-0.2, -0.15) is 5.10 Å². The van der Waals surface area contributed by atoms with Crippen LogP contribution in [0, 0.1) is 6.92 Å². The van der Waals surface area contributed by atoms with Gasteiger partial charge in [0.1, 0.15) is 18.5 Å². The second-order valence-electron chi connectivity index (χ2n) is 4.56. The minimum Gasteiger partial charge on any atom is -0.307 e. The lowest BCUT2D eigenvalue weighted by Crippen LogP contribution is -2.13. The Morgan fingerprint density at radius 1 is 1.14 bits per heavy atom. The topological polar surface area (TPSA) is 72.7 Å². The summed E-state index contributed by atoms with van der Waals surface area (Å²) in [6.07, 6.45) is 4.78. The number of benzene rings is 1. The molecular weight excluding hydrogens is 266 g/mol. The Morgan fingerprint density at radius 2 is 1.95 bits per heavy atom. The first-order chi connectivity index (χ1) is 10.2. The number of anilines is 1. The molecule has 0 saturated carbocycles. The van der Waals surface area contributed by atoms with Gasteiger partial charge in [-0.3, -0.25) is 4.79 Å². The first-order valence-corrected chi connectivity index (χ1v) is 6.41. The van der Waals surface area contributed by atoms with Crippen LogP contribution in [0.5, 0.6) is 0 Å². The number of carbonyl (C=O) groups excluding carboxylic acids is 1.